The van der Waals surface area contributed by atoms with Gasteiger partial charge in [-0.3, -0.25) is 4.90 Å². The summed E-state index contributed by atoms with van der Waals surface area (Å²) in [6.07, 6.45) is 5.81. The molecule has 1 aliphatic heterocycles. The number of methoxy groups -OCH3 is 2. The molecule has 0 saturated carbocycles. The molecule has 0 unspecified atom stereocenters. The van der Waals surface area contributed by atoms with E-state index in [0.717, 1.165) is 57.1 Å². The molecule has 0 spiro atoms. The molecular weight excluding hydrogens is 328 g/mol. The minimum atomic E-state index is 0.659. The molecule has 140 valence electrons. The molecule has 2 aromatic rings. The Morgan fingerprint density at radius 1 is 0.962 bits per heavy atom. The molecule has 2 heterocycles. The van der Waals surface area contributed by atoms with E-state index in [-0.39, 0.29) is 0 Å². The zero-order chi connectivity index (χ0) is 18.2. The molecule has 6 heteroatoms. The maximum absolute atomic E-state index is 5.25. The van der Waals surface area contributed by atoms with Crippen LogP contribution in [0.25, 0.3) is 0 Å². The highest BCUT2D eigenvalue weighted by Gasteiger charge is 2.15. The second-order valence-corrected chi connectivity index (χ2v) is 6.57. The number of aromatic nitrogens is 2. The van der Waals surface area contributed by atoms with Crippen LogP contribution >= 0.6 is 0 Å². The average Bonchev–Trinajstić information content (AvgIpc) is 2.93. The average molecular weight is 356 g/mol. The number of ether oxygens (including phenoxy) is 2. The van der Waals surface area contributed by atoms with Gasteiger partial charge in [-0.2, -0.15) is 0 Å². The van der Waals surface area contributed by atoms with Gasteiger partial charge in [0.25, 0.3) is 0 Å². The summed E-state index contributed by atoms with van der Waals surface area (Å²) in [5, 5.41) is 0. The smallest absolute Gasteiger partial charge is 0.130 e. The molecule has 0 aliphatic carbocycles. The molecule has 1 aromatic heterocycles. The third kappa shape index (κ3) is 5.16. The van der Waals surface area contributed by atoms with Gasteiger partial charge in [0, 0.05) is 69.9 Å². The van der Waals surface area contributed by atoms with Crippen LogP contribution in [-0.4, -0.2) is 61.9 Å². The number of rotatable bonds is 7. The van der Waals surface area contributed by atoms with Crippen LogP contribution in [0.3, 0.4) is 0 Å². The van der Waals surface area contributed by atoms with Crippen LogP contribution in [0.2, 0.25) is 0 Å². The highest BCUT2D eigenvalue weighted by molar-refractivity contribution is 5.49. The Labute approximate surface area is 155 Å². The Kier molecular flexibility index (Phi) is 6.80. The number of anilines is 1. The number of hydrogen-bond donors (Lipinski definition) is 0. The number of nitrogens with zero attached hydrogens (tertiary/aromatic N) is 4. The molecule has 26 heavy (non-hydrogen) atoms. The van der Waals surface area contributed by atoms with E-state index in [1.807, 2.05) is 24.5 Å². The van der Waals surface area contributed by atoms with Crippen LogP contribution in [0.1, 0.15) is 17.8 Å². The lowest BCUT2D eigenvalue weighted by atomic mass is 10.2. The minimum Gasteiger partial charge on any atom is -0.497 e. The fraction of sp³-hybridized carbons (Fsp3) is 0.500. The van der Waals surface area contributed by atoms with E-state index in [1.165, 1.54) is 11.3 Å². The van der Waals surface area contributed by atoms with Crippen LogP contribution < -0.4 is 9.64 Å². The Balaban J connectivity index is 1.53. The minimum absolute atomic E-state index is 0.659. The highest BCUT2D eigenvalue weighted by Crippen LogP contribution is 2.21. The van der Waals surface area contributed by atoms with Gasteiger partial charge in [-0.05, 0) is 30.7 Å². The van der Waals surface area contributed by atoms with Crippen molar-refractivity contribution in [2.45, 2.75) is 19.4 Å². The maximum Gasteiger partial charge on any atom is 0.130 e. The molecule has 0 bridgehead atoms. The van der Waals surface area contributed by atoms with Crippen molar-refractivity contribution in [3.63, 3.8) is 0 Å². The predicted molar refractivity (Wildman–Crippen MR) is 103 cm³/mol. The first kappa shape index (κ1) is 18.6. The quantitative estimate of drug-likeness (QED) is 0.759. The Bertz CT molecular complexity index is 661. The lowest BCUT2D eigenvalue weighted by Gasteiger charge is -2.23. The summed E-state index contributed by atoms with van der Waals surface area (Å²) in [6, 6.07) is 8.34. The molecule has 0 amide bonds. The highest BCUT2D eigenvalue weighted by atomic mass is 16.5. The van der Waals surface area contributed by atoms with Gasteiger partial charge in [-0.15, -0.1) is 0 Å². The van der Waals surface area contributed by atoms with Crippen molar-refractivity contribution in [1.82, 2.24) is 14.9 Å². The Hall–Kier alpha value is -2.18. The lowest BCUT2D eigenvalue weighted by molar-refractivity contribution is 0.200. The zero-order valence-corrected chi connectivity index (χ0v) is 15.7. The van der Waals surface area contributed by atoms with Crippen molar-refractivity contribution in [1.29, 1.82) is 0 Å². The van der Waals surface area contributed by atoms with Gasteiger partial charge in [0.2, 0.25) is 0 Å². The van der Waals surface area contributed by atoms with Gasteiger partial charge < -0.3 is 14.4 Å². The summed E-state index contributed by atoms with van der Waals surface area (Å²) in [4.78, 5) is 13.8. The van der Waals surface area contributed by atoms with Gasteiger partial charge in [0.05, 0.1) is 13.7 Å². The first-order valence-corrected chi connectivity index (χ1v) is 9.18. The van der Waals surface area contributed by atoms with Crippen molar-refractivity contribution >= 4 is 5.69 Å². The van der Waals surface area contributed by atoms with E-state index < -0.39 is 0 Å². The fourth-order valence-electron chi connectivity index (χ4n) is 3.22. The van der Waals surface area contributed by atoms with Gasteiger partial charge in [-0.1, -0.05) is 0 Å². The second kappa shape index (κ2) is 9.50. The largest absolute Gasteiger partial charge is 0.497 e. The standard InChI is InChI=1S/C20H28N4O2/c1-25-13-8-20-21-14-17(15-22-20)16-23-9-3-10-24(12-11-23)18-4-6-19(26-2)7-5-18/h4-7,14-15H,3,8-13,16H2,1-2H3. The molecule has 0 N–H and O–H groups in total. The van der Waals surface area contributed by atoms with Crippen LogP contribution in [0.4, 0.5) is 5.69 Å². The van der Waals surface area contributed by atoms with Crippen molar-refractivity contribution in [3.05, 3.63) is 48.0 Å². The topological polar surface area (TPSA) is 50.7 Å². The number of hydrogen-bond acceptors (Lipinski definition) is 6. The van der Waals surface area contributed by atoms with Gasteiger partial charge in [0.15, 0.2) is 0 Å². The van der Waals surface area contributed by atoms with E-state index in [4.69, 9.17) is 9.47 Å². The summed E-state index contributed by atoms with van der Waals surface area (Å²) in [5.41, 5.74) is 2.43. The Morgan fingerprint density at radius 3 is 2.42 bits per heavy atom. The molecule has 3 rings (SSSR count). The first-order chi connectivity index (χ1) is 12.8. The third-order valence-electron chi connectivity index (χ3n) is 4.72. The van der Waals surface area contributed by atoms with Gasteiger partial charge in [-0.25, -0.2) is 9.97 Å². The van der Waals surface area contributed by atoms with Crippen molar-refractivity contribution < 1.29 is 9.47 Å². The second-order valence-electron chi connectivity index (χ2n) is 6.57. The van der Waals surface area contributed by atoms with Crippen molar-refractivity contribution in [2.75, 3.05) is 51.9 Å². The summed E-state index contributed by atoms with van der Waals surface area (Å²) in [6.45, 7) is 5.80. The molecule has 0 radical (unpaired) electrons. The fourth-order valence-corrected chi connectivity index (χ4v) is 3.22. The Morgan fingerprint density at radius 2 is 1.73 bits per heavy atom. The molecule has 0 atom stereocenters. The van der Waals surface area contributed by atoms with E-state index in [1.54, 1.807) is 14.2 Å². The molecule has 1 aliphatic rings. The van der Waals surface area contributed by atoms with Gasteiger partial charge in [0.1, 0.15) is 11.6 Å². The first-order valence-electron chi connectivity index (χ1n) is 9.18. The van der Waals surface area contributed by atoms with E-state index >= 15 is 0 Å². The summed E-state index contributed by atoms with van der Waals surface area (Å²) in [5.74, 6) is 1.75. The number of benzene rings is 1. The van der Waals surface area contributed by atoms with Gasteiger partial charge >= 0.3 is 0 Å². The van der Waals surface area contributed by atoms with Crippen molar-refractivity contribution in [3.8, 4) is 5.75 Å². The van der Waals surface area contributed by atoms with Crippen LogP contribution in [0.15, 0.2) is 36.7 Å². The van der Waals surface area contributed by atoms with Crippen LogP contribution in [0, 0.1) is 0 Å². The zero-order valence-electron chi connectivity index (χ0n) is 15.7. The molecule has 1 saturated heterocycles. The van der Waals surface area contributed by atoms with E-state index in [0.29, 0.717) is 6.61 Å². The predicted octanol–water partition coefficient (Wildman–Crippen LogP) is 2.39. The van der Waals surface area contributed by atoms with Crippen LogP contribution in [0.5, 0.6) is 5.75 Å². The van der Waals surface area contributed by atoms with E-state index in [2.05, 4.69) is 31.9 Å². The summed E-state index contributed by atoms with van der Waals surface area (Å²) < 4.78 is 10.3. The van der Waals surface area contributed by atoms with Crippen molar-refractivity contribution in [2.24, 2.45) is 0 Å². The third-order valence-corrected chi connectivity index (χ3v) is 4.72. The molecule has 1 fully saturated rings. The summed E-state index contributed by atoms with van der Waals surface area (Å²) in [7, 11) is 3.40. The molecule has 6 nitrogen and oxygen atoms in total. The normalized spacial score (nSPS) is 15.7. The lowest BCUT2D eigenvalue weighted by Crippen LogP contribution is -2.30. The van der Waals surface area contributed by atoms with E-state index in [9.17, 15) is 0 Å². The molecule has 1 aromatic carbocycles. The SMILES string of the molecule is COCCc1ncc(CN2CCCN(c3ccc(OC)cc3)CC2)cn1. The van der Waals surface area contributed by atoms with Crippen LogP contribution in [-0.2, 0) is 17.7 Å². The monoisotopic (exact) mass is 356 g/mol. The summed E-state index contributed by atoms with van der Waals surface area (Å²) >= 11 is 0. The maximum atomic E-state index is 5.25. The molecular formula is C20H28N4O2.